The van der Waals surface area contributed by atoms with Gasteiger partial charge >= 0.3 is 0 Å². The third-order valence-corrected chi connectivity index (χ3v) is 11.6. The lowest BCUT2D eigenvalue weighted by Crippen LogP contribution is -2.15. The maximum atomic E-state index is 5.54. The Labute approximate surface area is 315 Å². The number of hydrogen-bond acceptors (Lipinski definition) is 1. The molecule has 0 saturated heterocycles. The van der Waals surface area contributed by atoms with Crippen molar-refractivity contribution < 1.29 is 0 Å². The largest absolute Gasteiger partial charge is 0.251 e. The number of aliphatic imine (C=N–C) groups is 1. The molecule has 0 radical (unpaired) electrons. The molecule has 252 valence electrons. The van der Waals surface area contributed by atoms with Crippen LogP contribution in [0.4, 0.5) is 0 Å². The number of nitrogens with zero attached hydrogens (tertiary/aromatic N) is 1. The molecule has 9 aromatic carbocycles. The predicted octanol–water partition coefficient (Wildman–Crippen LogP) is 13.7. The van der Waals surface area contributed by atoms with Crippen molar-refractivity contribution in [2.24, 2.45) is 10.9 Å². The molecule has 2 aliphatic rings. The van der Waals surface area contributed by atoms with Gasteiger partial charge in [-0.3, -0.25) is 4.99 Å². The molecular formula is C53H35N. The van der Waals surface area contributed by atoms with E-state index >= 15 is 0 Å². The molecule has 0 spiro atoms. The van der Waals surface area contributed by atoms with E-state index in [-0.39, 0.29) is 5.92 Å². The second kappa shape index (κ2) is 12.4. The third-order valence-electron chi connectivity index (χ3n) is 11.6. The lowest BCUT2D eigenvalue weighted by molar-refractivity contribution is 0.889. The van der Waals surface area contributed by atoms with E-state index in [1.165, 1.54) is 88.0 Å². The molecule has 1 atom stereocenters. The predicted molar refractivity (Wildman–Crippen MR) is 229 cm³/mol. The zero-order valence-corrected chi connectivity index (χ0v) is 29.7. The molecule has 1 heterocycles. The normalized spacial score (nSPS) is 14.8. The van der Waals surface area contributed by atoms with E-state index in [1.54, 1.807) is 0 Å². The van der Waals surface area contributed by atoms with Gasteiger partial charge in [0.25, 0.3) is 0 Å². The molecule has 1 heteroatoms. The number of allylic oxidation sites excluding steroid dienone is 1. The highest BCUT2D eigenvalue weighted by molar-refractivity contribution is 6.23. The maximum absolute atomic E-state index is 5.54. The monoisotopic (exact) mass is 685 g/mol. The Hall–Kier alpha value is -6.83. The second-order valence-corrected chi connectivity index (χ2v) is 14.6. The molecule has 9 aromatic rings. The molecule has 0 N–H and O–H groups in total. The smallest absolute Gasteiger partial charge is 0.0750 e. The van der Waals surface area contributed by atoms with Crippen LogP contribution in [0, 0.1) is 5.92 Å². The molecule has 0 bridgehead atoms. The van der Waals surface area contributed by atoms with Gasteiger partial charge in [-0.1, -0.05) is 182 Å². The van der Waals surface area contributed by atoms with Crippen LogP contribution in [0.5, 0.6) is 0 Å². The summed E-state index contributed by atoms with van der Waals surface area (Å²) in [7, 11) is 0. The van der Waals surface area contributed by atoms with Crippen molar-refractivity contribution in [3.05, 3.63) is 216 Å². The van der Waals surface area contributed by atoms with Crippen molar-refractivity contribution in [1.82, 2.24) is 0 Å². The Morgan fingerprint density at radius 2 is 0.889 bits per heavy atom. The van der Waals surface area contributed by atoms with Crippen molar-refractivity contribution in [2.75, 3.05) is 0 Å². The molecule has 1 aliphatic heterocycles. The molecule has 1 nitrogen and oxygen atoms in total. The van der Waals surface area contributed by atoms with Crippen LogP contribution in [0.15, 0.2) is 199 Å². The molecule has 0 amide bonds. The first-order valence-corrected chi connectivity index (χ1v) is 18.9. The summed E-state index contributed by atoms with van der Waals surface area (Å²) in [6, 6.07) is 71.2. The Bertz CT molecular complexity index is 2950. The number of hydrogen-bond donors (Lipinski definition) is 0. The van der Waals surface area contributed by atoms with Gasteiger partial charge in [0.15, 0.2) is 0 Å². The molecule has 11 rings (SSSR count). The van der Waals surface area contributed by atoms with Crippen LogP contribution in [0.2, 0.25) is 0 Å². The highest BCUT2D eigenvalue weighted by Gasteiger charge is 2.36. The fourth-order valence-electron chi connectivity index (χ4n) is 9.20. The van der Waals surface area contributed by atoms with Gasteiger partial charge in [-0.25, -0.2) is 0 Å². The van der Waals surface area contributed by atoms with Gasteiger partial charge in [0, 0.05) is 17.0 Å². The van der Waals surface area contributed by atoms with Crippen molar-refractivity contribution in [2.45, 2.75) is 6.42 Å². The van der Waals surface area contributed by atoms with E-state index in [0.717, 1.165) is 23.4 Å². The van der Waals surface area contributed by atoms with Crippen LogP contribution in [-0.2, 0) is 6.42 Å². The Balaban J connectivity index is 1.13. The van der Waals surface area contributed by atoms with E-state index < -0.39 is 0 Å². The summed E-state index contributed by atoms with van der Waals surface area (Å²) in [6.45, 7) is 0. The van der Waals surface area contributed by atoms with Gasteiger partial charge in [-0.05, 0) is 101 Å². The molecule has 0 aromatic heterocycles. The zero-order chi connectivity index (χ0) is 35.6. The topological polar surface area (TPSA) is 12.4 Å². The summed E-state index contributed by atoms with van der Waals surface area (Å²) in [6.07, 6.45) is 0.881. The van der Waals surface area contributed by atoms with E-state index in [0.29, 0.717) is 0 Å². The minimum atomic E-state index is 0.138. The lowest BCUT2D eigenvalue weighted by atomic mass is 9.83. The van der Waals surface area contributed by atoms with Gasteiger partial charge in [-0.2, -0.15) is 0 Å². The van der Waals surface area contributed by atoms with Crippen LogP contribution in [-0.4, -0.2) is 5.71 Å². The van der Waals surface area contributed by atoms with Gasteiger partial charge in [0.1, 0.15) is 0 Å². The second-order valence-electron chi connectivity index (χ2n) is 14.6. The Morgan fingerprint density at radius 3 is 1.56 bits per heavy atom. The average Bonchev–Trinajstić information content (AvgIpc) is 3.56. The van der Waals surface area contributed by atoms with Crippen molar-refractivity contribution >= 4 is 49.3 Å². The van der Waals surface area contributed by atoms with E-state index in [1.807, 2.05) is 0 Å². The number of fused-ring (bicyclic) bond motifs is 8. The fourth-order valence-corrected chi connectivity index (χ4v) is 9.20. The quantitative estimate of drug-likeness (QED) is 0.164. The van der Waals surface area contributed by atoms with Gasteiger partial charge in [-0.15, -0.1) is 0 Å². The molecule has 54 heavy (non-hydrogen) atoms. The van der Waals surface area contributed by atoms with Crippen molar-refractivity contribution in [3.63, 3.8) is 0 Å². The SMILES string of the molecule is c1ccc(C2=C(c3ccccc3)C3Cc4ccc(-c5c6ccccc6c(-c6ccc7ccccc7c6)c6ccccc56)cc4-c4ccccc4C3=N2)cc1. The van der Waals surface area contributed by atoms with Crippen LogP contribution in [0.25, 0.3) is 77.0 Å². The van der Waals surface area contributed by atoms with Crippen LogP contribution < -0.4 is 0 Å². The summed E-state index contributed by atoms with van der Waals surface area (Å²) in [5.41, 5.74) is 16.1. The van der Waals surface area contributed by atoms with E-state index in [4.69, 9.17) is 4.99 Å². The average molecular weight is 686 g/mol. The molecule has 1 unspecified atom stereocenters. The highest BCUT2D eigenvalue weighted by Crippen LogP contribution is 2.49. The maximum Gasteiger partial charge on any atom is 0.0750 e. The Morgan fingerprint density at radius 1 is 0.370 bits per heavy atom. The van der Waals surface area contributed by atoms with Crippen molar-refractivity contribution in [1.29, 1.82) is 0 Å². The van der Waals surface area contributed by atoms with Gasteiger partial charge in [0.05, 0.1) is 11.4 Å². The summed E-state index contributed by atoms with van der Waals surface area (Å²) in [5.74, 6) is 0.138. The fraction of sp³-hybridized carbons (Fsp3) is 0.0377. The Kier molecular flexibility index (Phi) is 7.06. The standard InChI is InChI=1S/C53H35N/c1-3-16-35(17-4-1)51-48-32-38-28-30-40(33-47(38)41-21-9-14-26-46(41)53(48)54-52(51)36-18-5-2-6-19-36)50-44-24-12-10-22-42(44)49(43-23-11-13-25-45(43)50)39-29-27-34-15-7-8-20-37(34)31-39/h1-31,33,48H,32H2. The molecular weight excluding hydrogens is 651 g/mol. The van der Waals surface area contributed by atoms with Crippen molar-refractivity contribution in [3.8, 4) is 33.4 Å². The molecule has 1 aliphatic carbocycles. The third kappa shape index (κ3) is 4.82. The van der Waals surface area contributed by atoms with Crippen LogP contribution in [0.3, 0.4) is 0 Å². The molecule has 0 saturated carbocycles. The molecule has 0 fully saturated rings. The van der Waals surface area contributed by atoms with E-state index in [9.17, 15) is 0 Å². The first-order chi connectivity index (χ1) is 26.8. The first-order valence-electron chi connectivity index (χ1n) is 18.9. The zero-order valence-electron chi connectivity index (χ0n) is 29.7. The number of benzene rings is 9. The number of rotatable bonds is 4. The summed E-state index contributed by atoms with van der Waals surface area (Å²) in [4.78, 5) is 5.54. The van der Waals surface area contributed by atoms with Gasteiger partial charge < -0.3 is 0 Å². The van der Waals surface area contributed by atoms with Crippen LogP contribution in [0.1, 0.15) is 22.3 Å². The van der Waals surface area contributed by atoms with Gasteiger partial charge in [0.2, 0.25) is 0 Å². The van der Waals surface area contributed by atoms with Crippen LogP contribution >= 0.6 is 0 Å². The minimum Gasteiger partial charge on any atom is -0.251 e. The summed E-state index contributed by atoms with van der Waals surface area (Å²) < 4.78 is 0. The van der Waals surface area contributed by atoms with E-state index in [2.05, 4.69) is 194 Å². The lowest BCUT2D eigenvalue weighted by Gasteiger charge is -2.20. The minimum absolute atomic E-state index is 0.138. The first kappa shape index (κ1) is 30.8. The summed E-state index contributed by atoms with van der Waals surface area (Å²) >= 11 is 0. The highest BCUT2D eigenvalue weighted by atomic mass is 14.8. The summed E-state index contributed by atoms with van der Waals surface area (Å²) in [5, 5.41) is 7.59.